The zero-order valence-electron chi connectivity index (χ0n) is 13.6. The maximum absolute atomic E-state index is 5.17. The first-order valence-electron chi connectivity index (χ1n) is 7.56. The van der Waals surface area contributed by atoms with Gasteiger partial charge in [-0.15, -0.1) is 0 Å². The summed E-state index contributed by atoms with van der Waals surface area (Å²) in [6.07, 6.45) is 1.07. The number of hydrogen-bond acceptors (Lipinski definition) is 3. The maximum Gasteiger partial charge on any atom is 0.0705 e. The van der Waals surface area contributed by atoms with Crippen molar-refractivity contribution in [1.82, 2.24) is 10.3 Å². The molecule has 0 bridgehead atoms. The van der Waals surface area contributed by atoms with Crippen LogP contribution in [0, 0.1) is 12.3 Å². The van der Waals surface area contributed by atoms with Gasteiger partial charge in [-0.2, -0.15) is 0 Å². The third-order valence-corrected chi connectivity index (χ3v) is 3.81. The average molecular weight is 286 g/mol. The second-order valence-electron chi connectivity index (χ2n) is 6.49. The lowest BCUT2D eigenvalue weighted by Crippen LogP contribution is -2.30. The van der Waals surface area contributed by atoms with Crippen LogP contribution in [0.3, 0.4) is 0 Å². The molecular weight excluding hydrogens is 260 g/mol. The van der Waals surface area contributed by atoms with Crippen molar-refractivity contribution in [3.05, 3.63) is 41.6 Å². The first-order valence-corrected chi connectivity index (χ1v) is 7.56. The third-order valence-electron chi connectivity index (χ3n) is 3.81. The molecule has 3 nitrogen and oxygen atoms in total. The molecule has 0 saturated carbocycles. The van der Waals surface area contributed by atoms with E-state index in [2.05, 4.69) is 54.5 Å². The molecule has 1 aromatic heterocycles. The van der Waals surface area contributed by atoms with Gasteiger partial charge in [-0.05, 0) is 42.5 Å². The summed E-state index contributed by atoms with van der Waals surface area (Å²) >= 11 is 0. The van der Waals surface area contributed by atoms with Gasteiger partial charge in [0, 0.05) is 37.9 Å². The SMILES string of the molecule is COCCC(C)(C)CNCc1ccc2nc(C)ccc2c1. The van der Waals surface area contributed by atoms with Gasteiger partial charge < -0.3 is 10.1 Å². The van der Waals surface area contributed by atoms with Crippen LogP contribution in [0.4, 0.5) is 0 Å². The second kappa shape index (κ2) is 7.01. The molecule has 0 aliphatic carbocycles. The molecule has 1 heterocycles. The standard InChI is InChI=1S/C18H26N2O/c1-14-5-7-16-11-15(6-8-17(16)20-14)12-19-13-18(2,3)9-10-21-4/h5-8,11,19H,9-10,12-13H2,1-4H3. The predicted molar refractivity (Wildman–Crippen MR) is 88.5 cm³/mol. The van der Waals surface area contributed by atoms with Crippen LogP contribution in [0.2, 0.25) is 0 Å². The molecule has 1 N–H and O–H groups in total. The lowest BCUT2D eigenvalue weighted by molar-refractivity contribution is 0.150. The van der Waals surface area contributed by atoms with Crippen LogP contribution in [0.25, 0.3) is 10.9 Å². The Morgan fingerprint density at radius 2 is 2.00 bits per heavy atom. The van der Waals surface area contributed by atoms with Crippen LogP contribution in [0.5, 0.6) is 0 Å². The number of benzene rings is 1. The van der Waals surface area contributed by atoms with Crippen molar-refractivity contribution in [3.63, 3.8) is 0 Å². The number of aryl methyl sites for hydroxylation is 1. The number of ether oxygens (including phenoxy) is 1. The summed E-state index contributed by atoms with van der Waals surface area (Å²) in [6, 6.07) is 10.7. The zero-order valence-corrected chi connectivity index (χ0v) is 13.6. The number of methoxy groups -OCH3 is 1. The van der Waals surface area contributed by atoms with Crippen LogP contribution in [-0.4, -0.2) is 25.2 Å². The van der Waals surface area contributed by atoms with Gasteiger partial charge in [-0.1, -0.05) is 26.0 Å². The van der Waals surface area contributed by atoms with E-state index in [1.165, 1.54) is 10.9 Å². The van der Waals surface area contributed by atoms with Crippen LogP contribution < -0.4 is 5.32 Å². The van der Waals surface area contributed by atoms with Gasteiger partial charge >= 0.3 is 0 Å². The molecule has 0 aliphatic rings. The van der Waals surface area contributed by atoms with Gasteiger partial charge in [0.1, 0.15) is 0 Å². The van der Waals surface area contributed by atoms with Crippen molar-refractivity contribution < 1.29 is 4.74 Å². The summed E-state index contributed by atoms with van der Waals surface area (Å²) in [4.78, 5) is 4.54. The molecule has 0 amide bonds. The summed E-state index contributed by atoms with van der Waals surface area (Å²) in [6.45, 7) is 9.26. The van der Waals surface area contributed by atoms with E-state index in [1.807, 2.05) is 6.92 Å². The summed E-state index contributed by atoms with van der Waals surface area (Å²) < 4.78 is 5.17. The van der Waals surface area contributed by atoms with E-state index in [-0.39, 0.29) is 5.41 Å². The van der Waals surface area contributed by atoms with Crippen LogP contribution in [-0.2, 0) is 11.3 Å². The van der Waals surface area contributed by atoms with Gasteiger partial charge in [0.2, 0.25) is 0 Å². The summed E-state index contributed by atoms with van der Waals surface area (Å²) in [7, 11) is 1.76. The normalized spacial score (nSPS) is 12.0. The molecule has 0 unspecified atom stereocenters. The van der Waals surface area contributed by atoms with Crippen molar-refractivity contribution in [2.24, 2.45) is 5.41 Å². The third kappa shape index (κ3) is 4.80. The fourth-order valence-corrected chi connectivity index (χ4v) is 2.40. The summed E-state index contributed by atoms with van der Waals surface area (Å²) in [5, 5.41) is 4.76. The Hall–Kier alpha value is -1.45. The lowest BCUT2D eigenvalue weighted by Gasteiger charge is -2.24. The monoisotopic (exact) mass is 286 g/mol. The van der Waals surface area contributed by atoms with Crippen LogP contribution in [0.15, 0.2) is 30.3 Å². The zero-order chi connectivity index (χ0) is 15.3. The fourth-order valence-electron chi connectivity index (χ4n) is 2.40. The molecule has 21 heavy (non-hydrogen) atoms. The number of fused-ring (bicyclic) bond motifs is 1. The highest BCUT2D eigenvalue weighted by molar-refractivity contribution is 5.79. The highest BCUT2D eigenvalue weighted by atomic mass is 16.5. The Morgan fingerprint density at radius 3 is 2.76 bits per heavy atom. The molecule has 1 aromatic carbocycles. The number of pyridine rings is 1. The molecule has 114 valence electrons. The van der Waals surface area contributed by atoms with E-state index in [0.29, 0.717) is 0 Å². The largest absolute Gasteiger partial charge is 0.385 e. The Kier molecular flexibility index (Phi) is 5.32. The molecule has 0 radical (unpaired) electrons. The maximum atomic E-state index is 5.17. The van der Waals surface area contributed by atoms with Gasteiger partial charge in [0.05, 0.1) is 5.52 Å². The second-order valence-corrected chi connectivity index (χ2v) is 6.49. The van der Waals surface area contributed by atoms with Crippen molar-refractivity contribution in [2.45, 2.75) is 33.7 Å². The lowest BCUT2D eigenvalue weighted by atomic mass is 9.89. The predicted octanol–water partition coefficient (Wildman–Crippen LogP) is 3.70. The van der Waals surface area contributed by atoms with Gasteiger partial charge in [-0.25, -0.2) is 0 Å². The molecule has 3 heteroatoms. The molecule has 0 aliphatic heterocycles. The highest BCUT2D eigenvalue weighted by Crippen LogP contribution is 2.19. The summed E-state index contributed by atoms with van der Waals surface area (Å²) in [5.41, 5.74) is 3.69. The Bertz CT molecular complexity index is 593. The van der Waals surface area contributed by atoms with Gasteiger partial charge in [0.25, 0.3) is 0 Å². The molecule has 2 aromatic rings. The van der Waals surface area contributed by atoms with E-state index in [1.54, 1.807) is 7.11 Å². The van der Waals surface area contributed by atoms with Crippen LogP contribution >= 0.6 is 0 Å². The number of rotatable bonds is 7. The van der Waals surface area contributed by atoms with E-state index in [9.17, 15) is 0 Å². The molecule has 0 spiro atoms. The van der Waals surface area contributed by atoms with Crippen LogP contribution in [0.1, 0.15) is 31.5 Å². The molecular formula is C18H26N2O. The van der Waals surface area contributed by atoms with E-state index >= 15 is 0 Å². The minimum Gasteiger partial charge on any atom is -0.385 e. The molecule has 0 fully saturated rings. The van der Waals surface area contributed by atoms with Crippen molar-refractivity contribution in [2.75, 3.05) is 20.3 Å². The number of hydrogen-bond donors (Lipinski definition) is 1. The summed E-state index contributed by atoms with van der Waals surface area (Å²) in [5.74, 6) is 0. The molecule has 2 rings (SSSR count). The Balaban J connectivity index is 1.93. The number of aromatic nitrogens is 1. The first kappa shape index (κ1) is 15.9. The number of nitrogens with one attached hydrogen (secondary N) is 1. The van der Waals surface area contributed by atoms with Crippen molar-refractivity contribution in [3.8, 4) is 0 Å². The molecule has 0 atom stereocenters. The quantitative estimate of drug-likeness (QED) is 0.843. The van der Waals surface area contributed by atoms with E-state index in [4.69, 9.17) is 4.74 Å². The number of nitrogens with zero attached hydrogens (tertiary/aromatic N) is 1. The topological polar surface area (TPSA) is 34.1 Å². The van der Waals surface area contributed by atoms with Gasteiger partial charge in [0.15, 0.2) is 0 Å². The fraction of sp³-hybridized carbons (Fsp3) is 0.500. The van der Waals surface area contributed by atoms with E-state index < -0.39 is 0 Å². The first-order chi connectivity index (χ1) is 10.00. The van der Waals surface area contributed by atoms with Gasteiger partial charge in [-0.3, -0.25) is 4.98 Å². The highest BCUT2D eigenvalue weighted by Gasteiger charge is 2.16. The Morgan fingerprint density at radius 1 is 1.19 bits per heavy atom. The average Bonchev–Trinajstić information content (AvgIpc) is 2.45. The van der Waals surface area contributed by atoms with Crippen molar-refractivity contribution >= 4 is 10.9 Å². The minimum absolute atomic E-state index is 0.255. The minimum atomic E-state index is 0.255. The van der Waals surface area contributed by atoms with E-state index in [0.717, 1.165) is 37.3 Å². The molecule has 0 saturated heterocycles. The van der Waals surface area contributed by atoms with Crippen molar-refractivity contribution in [1.29, 1.82) is 0 Å². The smallest absolute Gasteiger partial charge is 0.0705 e. The Labute approximate surface area is 127 Å².